The Morgan fingerprint density at radius 2 is 2.22 bits per heavy atom. The fraction of sp³-hybridized carbons (Fsp3) is 0.286. The molecule has 0 bridgehead atoms. The van der Waals surface area contributed by atoms with Gasteiger partial charge in [-0.1, -0.05) is 12.2 Å². The third-order valence-electron chi connectivity index (χ3n) is 1.09. The summed E-state index contributed by atoms with van der Waals surface area (Å²) in [5.41, 5.74) is 0. The summed E-state index contributed by atoms with van der Waals surface area (Å²) in [5.74, 6) is 0.459. The van der Waals surface area contributed by atoms with Gasteiger partial charge in [-0.25, -0.2) is 0 Å². The van der Waals surface area contributed by atoms with Crippen molar-refractivity contribution >= 4 is 0 Å². The summed E-state index contributed by atoms with van der Waals surface area (Å²) >= 11 is 0. The minimum absolute atomic E-state index is 0.459. The Labute approximate surface area is 52.9 Å². The zero-order valence-electron chi connectivity index (χ0n) is 4.85. The normalized spacial score (nSPS) is 18.4. The summed E-state index contributed by atoms with van der Waals surface area (Å²) in [6.07, 6.45) is 5.43. The van der Waals surface area contributed by atoms with E-state index >= 15 is 0 Å². The molecule has 1 unspecified atom stereocenters. The molecular formula is C7H7F2. The van der Waals surface area contributed by atoms with E-state index in [9.17, 15) is 8.78 Å². The van der Waals surface area contributed by atoms with Crippen LogP contribution >= 0.6 is 0 Å². The first-order valence-corrected chi connectivity index (χ1v) is 2.82. The van der Waals surface area contributed by atoms with Gasteiger partial charge in [-0.15, -0.1) is 0 Å². The molecule has 1 radical (unpaired) electrons. The van der Waals surface area contributed by atoms with Crippen molar-refractivity contribution in [3.8, 4) is 0 Å². The monoisotopic (exact) mass is 129 g/mol. The molecule has 49 valence electrons. The second-order valence-corrected chi connectivity index (χ2v) is 1.98. The molecule has 1 fully saturated rings. The van der Waals surface area contributed by atoms with E-state index < -0.39 is 6.08 Å². The maximum Gasteiger partial charge on any atom is 0.270 e. The average Bonchev–Trinajstić information content (AvgIpc) is 2.48. The molecular weight excluding hydrogens is 122 g/mol. The highest BCUT2D eigenvalue weighted by molar-refractivity contribution is 5.13. The first kappa shape index (κ1) is 6.46. The van der Waals surface area contributed by atoms with Crippen LogP contribution in [0, 0.1) is 12.3 Å². The second kappa shape index (κ2) is 2.76. The van der Waals surface area contributed by atoms with E-state index in [1.165, 1.54) is 6.08 Å². The zero-order valence-corrected chi connectivity index (χ0v) is 4.85. The maximum atomic E-state index is 11.3. The molecule has 0 aromatic rings. The fourth-order valence-corrected chi connectivity index (χ4v) is 0.507. The van der Waals surface area contributed by atoms with Gasteiger partial charge in [0, 0.05) is 6.08 Å². The highest BCUT2D eigenvalue weighted by Crippen LogP contribution is 2.28. The van der Waals surface area contributed by atoms with Gasteiger partial charge in [-0.2, -0.15) is 8.78 Å². The van der Waals surface area contributed by atoms with Gasteiger partial charge < -0.3 is 0 Å². The van der Waals surface area contributed by atoms with E-state index in [0.717, 1.165) is 12.5 Å². The van der Waals surface area contributed by atoms with Crippen molar-refractivity contribution in [2.24, 2.45) is 5.92 Å². The molecule has 1 saturated carbocycles. The minimum atomic E-state index is -1.63. The fourth-order valence-electron chi connectivity index (χ4n) is 0.507. The standard InChI is InChI=1S/C7H7F2/c8-7(9)3-1-2-6-4-5-6/h1-4,6H,5H2. The SMILES string of the molecule is FC(F)=CC=CC1[CH]C1. The molecule has 1 aliphatic rings. The molecule has 1 aliphatic carbocycles. The van der Waals surface area contributed by atoms with Gasteiger partial charge in [0.15, 0.2) is 0 Å². The van der Waals surface area contributed by atoms with Crippen LogP contribution in [0.15, 0.2) is 24.3 Å². The molecule has 2 heteroatoms. The lowest BCUT2D eigenvalue weighted by Gasteiger charge is -1.75. The molecule has 1 atom stereocenters. The quantitative estimate of drug-likeness (QED) is 0.502. The van der Waals surface area contributed by atoms with Crippen LogP contribution in [0.25, 0.3) is 0 Å². The van der Waals surface area contributed by atoms with Crippen LogP contribution < -0.4 is 0 Å². The van der Waals surface area contributed by atoms with E-state index in [0.29, 0.717) is 5.92 Å². The van der Waals surface area contributed by atoms with Crippen LogP contribution in [0.3, 0.4) is 0 Å². The Hall–Kier alpha value is -0.660. The molecule has 0 N–H and O–H groups in total. The van der Waals surface area contributed by atoms with E-state index in [1.807, 2.05) is 0 Å². The van der Waals surface area contributed by atoms with Crippen molar-refractivity contribution in [1.82, 2.24) is 0 Å². The zero-order chi connectivity index (χ0) is 6.69. The number of allylic oxidation sites excluding steroid dienone is 3. The van der Waals surface area contributed by atoms with Gasteiger partial charge in [0.25, 0.3) is 6.08 Å². The molecule has 0 aromatic carbocycles. The van der Waals surface area contributed by atoms with Crippen LogP contribution in [0.2, 0.25) is 0 Å². The van der Waals surface area contributed by atoms with Crippen LogP contribution in [0.5, 0.6) is 0 Å². The first-order chi connectivity index (χ1) is 4.29. The van der Waals surface area contributed by atoms with Crippen LogP contribution in [-0.4, -0.2) is 0 Å². The third kappa shape index (κ3) is 3.01. The van der Waals surface area contributed by atoms with E-state index in [4.69, 9.17) is 0 Å². The van der Waals surface area contributed by atoms with Gasteiger partial charge in [0.05, 0.1) is 0 Å². The average molecular weight is 129 g/mol. The van der Waals surface area contributed by atoms with Crippen LogP contribution in [-0.2, 0) is 0 Å². The second-order valence-electron chi connectivity index (χ2n) is 1.98. The Morgan fingerprint density at radius 3 is 2.67 bits per heavy atom. The Morgan fingerprint density at radius 1 is 1.56 bits per heavy atom. The predicted molar refractivity (Wildman–Crippen MR) is 31.8 cm³/mol. The molecule has 0 nitrogen and oxygen atoms in total. The molecule has 9 heavy (non-hydrogen) atoms. The number of rotatable bonds is 2. The third-order valence-corrected chi connectivity index (χ3v) is 1.09. The first-order valence-electron chi connectivity index (χ1n) is 2.82. The lowest BCUT2D eigenvalue weighted by Crippen LogP contribution is -1.60. The Kier molecular flexibility index (Phi) is 1.98. The van der Waals surface area contributed by atoms with Crippen molar-refractivity contribution in [2.45, 2.75) is 6.42 Å². The summed E-state index contributed by atoms with van der Waals surface area (Å²) in [7, 11) is 0. The summed E-state index contributed by atoms with van der Waals surface area (Å²) < 4.78 is 22.6. The van der Waals surface area contributed by atoms with Gasteiger partial charge in [0.1, 0.15) is 0 Å². The lowest BCUT2D eigenvalue weighted by atomic mass is 10.4. The van der Waals surface area contributed by atoms with E-state index in [1.54, 1.807) is 6.08 Å². The maximum absolute atomic E-state index is 11.3. The van der Waals surface area contributed by atoms with Gasteiger partial charge in [-0.05, 0) is 18.8 Å². The summed E-state index contributed by atoms with van der Waals surface area (Å²) in [5, 5.41) is 0. The molecule has 0 aromatic heterocycles. The number of hydrogen-bond donors (Lipinski definition) is 0. The smallest absolute Gasteiger partial charge is 0.173 e. The highest BCUT2D eigenvalue weighted by Gasteiger charge is 2.16. The van der Waals surface area contributed by atoms with Gasteiger partial charge >= 0.3 is 0 Å². The summed E-state index contributed by atoms with van der Waals surface area (Å²) in [6.45, 7) is 0. The molecule has 0 amide bonds. The van der Waals surface area contributed by atoms with Crippen molar-refractivity contribution in [1.29, 1.82) is 0 Å². The topological polar surface area (TPSA) is 0 Å². The highest BCUT2D eigenvalue weighted by atomic mass is 19.3. The van der Waals surface area contributed by atoms with Crippen LogP contribution in [0.4, 0.5) is 8.78 Å². The number of halogens is 2. The molecule has 0 heterocycles. The number of hydrogen-bond acceptors (Lipinski definition) is 0. The van der Waals surface area contributed by atoms with E-state index in [-0.39, 0.29) is 0 Å². The molecule has 1 rings (SSSR count). The largest absolute Gasteiger partial charge is 0.270 e. The molecule has 0 saturated heterocycles. The van der Waals surface area contributed by atoms with Crippen molar-refractivity contribution in [2.75, 3.05) is 0 Å². The van der Waals surface area contributed by atoms with Gasteiger partial charge in [0.2, 0.25) is 0 Å². The minimum Gasteiger partial charge on any atom is -0.173 e. The molecule has 0 aliphatic heterocycles. The molecule has 0 spiro atoms. The summed E-state index contributed by atoms with van der Waals surface area (Å²) in [6, 6.07) is 0. The Bertz CT molecular complexity index is 139. The summed E-state index contributed by atoms with van der Waals surface area (Å²) in [4.78, 5) is 0. The Balaban J connectivity index is 2.22. The predicted octanol–water partition coefficient (Wildman–Crippen LogP) is 2.55. The van der Waals surface area contributed by atoms with Crippen molar-refractivity contribution in [3.63, 3.8) is 0 Å². The van der Waals surface area contributed by atoms with E-state index in [2.05, 4.69) is 6.42 Å². The van der Waals surface area contributed by atoms with Crippen molar-refractivity contribution in [3.05, 3.63) is 30.7 Å². The van der Waals surface area contributed by atoms with Crippen molar-refractivity contribution < 1.29 is 8.78 Å². The van der Waals surface area contributed by atoms with Crippen LogP contribution in [0.1, 0.15) is 6.42 Å². The lowest BCUT2D eigenvalue weighted by molar-refractivity contribution is 0.422. The van der Waals surface area contributed by atoms with Gasteiger partial charge in [-0.3, -0.25) is 0 Å².